The van der Waals surface area contributed by atoms with Gasteiger partial charge in [0.15, 0.2) is 0 Å². The minimum absolute atomic E-state index is 0.0210. The molecule has 0 saturated heterocycles. The minimum atomic E-state index is -0.325. The highest BCUT2D eigenvalue weighted by molar-refractivity contribution is 5.83. The van der Waals surface area contributed by atoms with Crippen LogP contribution in [0.15, 0.2) is 0 Å². The highest BCUT2D eigenvalue weighted by Gasteiger charge is 2.16. The van der Waals surface area contributed by atoms with Crippen molar-refractivity contribution in [2.24, 2.45) is 0 Å². The first-order valence-corrected chi connectivity index (χ1v) is 5.66. The zero-order valence-electron chi connectivity index (χ0n) is 10.9. The Morgan fingerprint density at radius 2 is 1.69 bits per heavy atom. The van der Waals surface area contributed by atoms with Gasteiger partial charge in [-0.1, -0.05) is 0 Å². The molecule has 5 heteroatoms. The SMILES string of the molecule is CCN(CC)C(=O)CNC(C)C(=O)N(C)C. The van der Waals surface area contributed by atoms with Crippen LogP contribution >= 0.6 is 0 Å². The van der Waals surface area contributed by atoms with Crippen molar-refractivity contribution in [2.45, 2.75) is 26.8 Å². The Morgan fingerprint density at radius 1 is 1.19 bits per heavy atom. The van der Waals surface area contributed by atoms with Gasteiger partial charge in [0, 0.05) is 27.2 Å². The lowest BCUT2D eigenvalue weighted by molar-refractivity contribution is -0.132. The summed E-state index contributed by atoms with van der Waals surface area (Å²) < 4.78 is 0. The van der Waals surface area contributed by atoms with Crippen LogP contribution in [0.5, 0.6) is 0 Å². The number of nitrogens with one attached hydrogen (secondary N) is 1. The maximum absolute atomic E-state index is 11.6. The molecule has 5 nitrogen and oxygen atoms in total. The fourth-order valence-electron chi connectivity index (χ4n) is 1.40. The van der Waals surface area contributed by atoms with E-state index in [-0.39, 0.29) is 24.4 Å². The molecule has 0 radical (unpaired) electrons. The standard InChI is InChI=1S/C11H23N3O2/c1-6-14(7-2)10(15)8-12-9(3)11(16)13(4)5/h9,12H,6-8H2,1-5H3. The summed E-state index contributed by atoms with van der Waals surface area (Å²) in [7, 11) is 3.40. The van der Waals surface area contributed by atoms with Crippen LogP contribution in [-0.4, -0.2) is 61.4 Å². The Morgan fingerprint density at radius 3 is 2.06 bits per heavy atom. The Bertz CT molecular complexity index is 237. The average molecular weight is 229 g/mol. The van der Waals surface area contributed by atoms with E-state index in [1.807, 2.05) is 13.8 Å². The maximum atomic E-state index is 11.6. The number of rotatable bonds is 6. The molecule has 2 amide bonds. The average Bonchev–Trinajstić information content (AvgIpc) is 2.26. The lowest BCUT2D eigenvalue weighted by atomic mass is 10.3. The fourth-order valence-corrected chi connectivity index (χ4v) is 1.40. The van der Waals surface area contributed by atoms with Crippen LogP contribution in [0.4, 0.5) is 0 Å². The van der Waals surface area contributed by atoms with Crippen LogP contribution in [0.1, 0.15) is 20.8 Å². The van der Waals surface area contributed by atoms with E-state index in [1.165, 1.54) is 4.90 Å². The number of likely N-dealkylation sites (N-methyl/N-ethyl adjacent to an activating group) is 2. The maximum Gasteiger partial charge on any atom is 0.238 e. The van der Waals surface area contributed by atoms with E-state index in [2.05, 4.69) is 5.32 Å². The van der Waals surface area contributed by atoms with Gasteiger partial charge in [-0.15, -0.1) is 0 Å². The molecule has 16 heavy (non-hydrogen) atoms. The van der Waals surface area contributed by atoms with Crippen LogP contribution < -0.4 is 5.32 Å². The molecule has 0 rings (SSSR count). The largest absolute Gasteiger partial charge is 0.347 e. The third-order valence-corrected chi connectivity index (χ3v) is 2.49. The molecule has 0 spiro atoms. The van der Waals surface area contributed by atoms with Gasteiger partial charge in [0.1, 0.15) is 0 Å². The summed E-state index contributed by atoms with van der Waals surface area (Å²) in [5.74, 6) is 0.00996. The van der Waals surface area contributed by atoms with Gasteiger partial charge >= 0.3 is 0 Å². The van der Waals surface area contributed by atoms with Crippen molar-refractivity contribution < 1.29 is 9.59 Å². The molecule has 0 saturated carbocycles. The van der Waals surface area contributed by atoms with E-state index in [0.717, 1.165) is 0 Å². The first-order valence-electron chi connectivity index (χ1n) is 5.66. The predicted octanol–water partition coefficient (Wildman–Crippen LogP) is -0.0789. The van der Waals surface area contributed by atoms with Crippen LogP contribution in [0.25, 0.3) is 0 Å². The molecule has 1 unspecified atom stereocenters. The molecule has 0 aromatic rings. The van der Waals surface area contributed by atoms with Crippen molar-refractivity contribution in [2.75, 3.05) is 33.7 Å². The lowest BCUT2D eigenvalue weighted by Gasteiger charge is -2.21. The molecule has 94 valence electrons. The van der Waals surface area contributed by atoms with Crippen molar-refractivity contribution >= 4 is 11.8 Å². The Kier molecular flexibility index (Phi) is 6.72. The highest BCUT2D eigenvalue weighted by atomic mass is 16.2. The van der Waals surface area contributed by atoms with E-state index in [0.29, 0.717) is 13.1 Å². The van der Waals surface area contributed by atoms with E-state index in [1.54, 1.807) is 25.9 Å². The molecule has 0 aliphatic carbocycles. The molecule has 0 aliphatic rings. The number of hydrogen-bond acceptors (Lipinski definition) is 3. The summed E-state index contributed by atoms with van der Waals surface area (Å²) in [6.45, 7) is 7.26. The van der Waals surface area contributed by atoms with Gasteiger partial charge in [0.05, 0.1) is 12.6 Å². The van der Waals surface area contributed by atoms with Gasteiger partial charge in [0.2, 0.25) is 11.8 Å². The third kappa shape index (κ3) is 4.61. The molecule has 0 heterocycles. The van der Waals surface area contributed by atoms with Gasteiger partial charge in [-0.2, -0.15) is 0 Å². The van der Waals surface area contributed by atoms with E-state index in [4.69, 9.17) is 0 Å². The monoisotopic (exact) mass is 229 g/mol. The van der Waals surface area contributed by atoms with Crippen LogP contribution in [0, 0.1) is 0 Å². The number of carbonyl (C=O) groups excluding carboxylic acids is 2. The smallest absolute Gasteiger partial charge is 0.238 e. The summed E-state index contributed by atoms with van der Waals surface area (Å²) in [6, 6.07) is -0.325. The summed E-state index contributed by atoms with van der Waals surface area (Å²) in [5.41, 5.74) is 0. The van der Waals surface area contributed by atoms with Crippen molar-refractivity contribution in [3.8, 4) is 0 Å². The van der Waals surface area contributed by atoms with E-state index < -0.39 is 0 Å². The topological polar surface area (TPSA) is 52.7 Å². The van der Waals surface area contributed by atoms with Gasteiger partial charge in [-0.05, 0) is 20.8 Å². The second-order valence-electron chi connectivity index (χ2n) is 3.90. The van der Waals surface area contributed by atoms with Gasteiger partial charge in [-0.25, -0.2) is 0 Å². The number of hydrogen-bond donors (Lipinski definition) is 1. The first kappa shape index (κ1) is 14.9. The number of nitrogens with zero attached hydrogens (tertiary/aromatic N) is 2. The summed E-state index contributed by atoms with van der Waals surface area (Å²) in [6.07, 6.45) is 0. The van der Waals surface area contributed by atoms with Crippen LogP contribution in [-0.2, 0) is 9.59 Å². The zero-order chi connectivity index (χ0) is 12.7. The molecule has 1 atom stereocenters. The van der Waals surface area contributed by atoms with Crippen LogP contribution in [0.2, 0.25) is 0 Å². The van der Waals surface area contributed by atoms with Gasteiger partial charge in [0.25, 0.3) is 0 Å². The third-order valence-electron chi connectivity index (χ3n) is 2.49. The molecule has 0 aromatic heterocycles. The second kappa shape index (κ2) is 7.22. The second-order valence-corrected chi connectivity index (χ2v) is 3.90. The van der Waals surface area contributed by atoms with Gasteiger partial charge in [-0.3, -0.25) is 14.9 Å². The van der Waals surface area contributed by atoms with Gasteiger partial charge < -0.3 is 9.80 Å². The zero-order valence-corrected chi connectivity index (χ0v) is 10.9. The molecule has 0 fully saturated rings. The molecular formula is C11H23N3O2. The first-order chi connectivity index (χ1) is 7.43. The van der Waals surface area contributed by atoms with Crippen molar-refractivity contribution in [1.82, 2.24) is 15.1 Å². The summed E-state index contributed by atoms with van der Waals surface area (Å²) >= 11 is 0. The Hall–Kier alpha value is -1.10. The summed E-state index contributed by atoms with van der Waals surface area (Å²) in [4.78, 5) is 26.4. The number of amides is 2. The molecule has 0 aliphatic heterocycles. The minimum Gasteiger partial charge on any atom is -0.347 e. The molecule has 0 bridgehead atoms. The Labute approximate surface area is 97.8 Å². The molecule has 1 N–H and O–H groups in total. The van der Waals surface area contributed by atoms with Crippen LogP contribution in [0.3, 0.4) is 0 Å². The highest BCUT2D eigenvalue weighted by Crippen LogP contribution is 1.91. The fraction of sp³-hybridized carbons (Fsp3) is 0.818. The van der Waals surface area contributed by atoms with E-state index >= 15 is 0 Å². The predicted molar refractivity (Wildman–Crippen MR) is 64.1 cm³/mol. The normalized spacial score (nSPS) is 12.1. The molecular weight excluding hydrogens is 206 g/mol. The molecule has 0 aromatic carbocycles. The van der Waals surface area contributed by atoms with Crippen molar-refractivity contribution in [3.63, 3.8) is 0 Å². The van der Waals surface area contributed by atoms with Crippen molar-refractivity contribution in [1.29, 1.82) is 0 Å². The quantitative estimate of drug-likeness (QED) is 0.693. The Balaban J connectivity index is 4.05. The lowest BCUT2D eigenvalue weighted by Crippen LogP contribution is -2.46. The summed E-state index contributed by atoms with van der Waals surface area (Å²) in [5, 5.41) is 2.93. The van der Waals surface area contributed by atoms with Crippen molar-refractivity contribution in [3.05, 3.63) is 0 Å². The van der Waals surface area contributed by atoms with E-state index in [9.17, 15) is 9.59 Å². The number of carbonyl (C=O) groups is 2.